The van der Waals surface area contributed by atoms with Gasteiger partial charge in [-0.25, -0.2) is 13.4 Å². The Labute approximate surface area is 182 Å². The third kappa shape index (κ3) is 4.43. The van der Waals surface area contributed by atoms with Crippen LogP contribution in [0.2, 0.25) is 0 Å². The van der Waals surface area contributed by atoms with Crippen LogP contribution in [0.25, 0.3) is 10.2 Å². The van der Waals surface area contributed by atoms with E-state index in [1.54, 1.807) is 30.3 Å². The molecule has 11 heteroatoms. The van der Waals surface area contributed by atoms with Gasteiger partial charge in [0, 0.05) is 31.1 Å². The summed E-state index contributed by atoms with van der Waals surface area (Å²) in [5, 5.41) is 14.1. The maximum Gasteiger partial charge on any atom is 0.270 e. The molecule has 0 unspecified atom stereocenters. The number of nitrogens with one attached hydrogen (secondary N) is 1. The molecular formula is C20H20N4O5S2. The van der Waals surface area contributed by atoms with Crippen molar-refractivity contribution in [2.45, 2.75) is 24.7 Å². The van der Waals surface area contributed by atoms with Gasteiger partial charge in [0.15, 0.2) is 5.13 Å². The fourth-order valence-electron chi connectivity index (χ4n) is 3.51. The Balaban J connectivity index is 1.40. The van der Waals surface area contributed by atoms with E-state index in [0.717, 1.165) is 5.56 Å². The van der Waals surface area contributed by atoms with Crippen molar-refractivity contribution in [2.24, 2.45) is 5.92 Å². The highest BCUT2D eigenvalue weighted by molar-refractivity contribution is 7.89. The highest BCUT2D eigenvalue weighted by Gasteiger charge is 2.32. The highest BCUT2D eigenvalue weighted by atomic mass is 32.2. The third-order valence-electron chi connectivity index (χ3n) is 5.30. The Morgan fingerprint density at radius 3 is 2.52 bits per heavy atom. The van der Waals surface area contributed by atoms with Gasteiger partial charge in [-0.1, -0.05) is 29.0 Å². The van der Waals surface area contributed by atoms with Gasteiger partial charge in [-0.2, -0.15) is 4.31 Å². The van der Waals surface area contributed by atoms with Gasteiger partial charge in [0.2, 0.25) is 15.9 Å². The fraction of sp³-hybridized carbons (Fsp3) is 0.300. The Bertz CT molecular complexity index is 1250. The molecule has 1 aliphatic heterocycles. The number of thiazole rings is 1. The highest BCUT2D eigenvalue weighted by Crippen LogP contribution is 2.30. The summed E-state index contributed by atoms with van der Waals surface area (Å²) in [5.41, 5.74) is 1.53. The minimum Gasteiger partial charge on any atom is -0.302 e. The van der Waals surface area contributed by atoms with Crippen LogP contribution in [0, 0.1) is 23.0 Å². The van der Waals surface area contributed by atoms with Crippen molar-refractivity contribution in [1.29, 1.82) is 0 Å². The van der Waals surface area contributed by atoms with Crippen molar-refractivity contribution in [3.63, 3.8) is 0 Å². The first kappa shape index (κ1) is 21.3. The van der Waals surface area contributed by atoms with E-state index in [2.05, 4.69) is 10.3 Å². The molecule has 0 saturated carbocycles. The molecule has 162 valence electrons. The second kappa shape index (κ2) is 8.33. The standard InChI is InChI=1S/C20H20N4O5S2/c1-13-2-5-16(6-3-13)31(28,29)23-10-8-14(9-11-23)19(25)22-20-21-17-7-4-15(24(26)27)12-18(17)30-20/h2-7,12,14H,8-11H2,1H3,(H,21,22,25). The lowest BCUT2D eigenvalue weighted by Crippen LogP contribution is -2.41. The second-order valence-electron chi connectivity index (χ2n) is 7.41. The van der Waals surface area contributed by atoms with E-state index in [1.165, 1.54) is 27.8 Å². The van der Waals surface area contributed by atoms with Gasteiger partial charge in [0.25, 0.3) is 5.69 Å². The summed E-state index contributed by atoms with van der Waals surface area (Å²) in [6.45, 7) is 2.42. The summed E-state index contributed by atoms with van der Waals surface area (Å²) in [5.74, 6) is -0.549. The van der Waals surface area contributed by atoms with E-state index < -0.39 is 14.9 Å². The number of hydrogen-bond acceptors (Lipinski definition) is 7. The SMILES string of the molecule is Cc1ccc(S(=O)(=O)N2CCC(C(=O)Nc3nc4ccc([N+](=O)[O-])cc4s3)CC2)cc1. The average Bonchev–Trinajstić information content (AvgIpc) is 3.15. The van der Waals surface area contributed by atoms with Crippen LogP contribution in [0.4, 0.5) is 10.8 Å². The van der Waals surface area contributed by atoms with E-state index >= 15 is 0 Å². The molecule has 1 aromatic heterocycles. The number of carbonyl (C=O) groups is 1. The van der Waals surface area contributed by atoms with Gasteiger partial charge in [0.1, 0.15) is 0 Å². The summed E-state index contributed by atoms with van der Waals surface area (Å²) < 4.78 is 27.6. The number of nitro benzene ring substituents is 1. The molecule has 1 saturated heterocycles. The quantitative estimate of drug-likeness (QED) is 0.459. The van der Waals surface area contributed by atoms with Crippen LogP contribution in [0.5, 0.6) is 0 Å². The number of hydrogen-bond donors (Lipinski definition) is 1. The number of anilines is 1. The Morgan fingerprint density at radius 2 is 1.87 bits per heavy atom. The molecule has 0 bridgehead atoms. The lowest BCUT2D eigenvalue weighted by Gasteiger charge is -2.30. The lowest BCUT2D eigenvalue weighted by molar-refractivity contribution is -0.384. The molecule has 4 rings (SSSR count). The molecule has 1 fully saturated rings. The normalized spacial score (nSPS) is 15.8. The zero-order valence-corrected chi connectivity index (χ0v) is 18.3. The number of aromatic nitrogens is 1. The van der Waals surface area contributed by atoms with Crippen LogP contribution < -0.4 is 5.32 Å². The number of non-ortho nitro benzene ring substituents is 1. The zero-order valence-electron chi connectivity index (χ0n) is 16.6. The largest absolute Gasteiger partial charge is 0.302 e. The number of aryl methyl sites for hydroxylation is 1. The Morgan fingerprint density at radius 1 is 1.19 bits per heavy atom. The summed E-state index contributed by atoms with van der Waals surface area (Å²) in [7, 11) is -3.58. The van der Waals surface area contributed by atoms with Crippen molar-refractivity contribution in [3.8, 4) is 0 Å². The fourth-order valence-corrected chi connectivity index (χ4v) is 5.88. The topological polar surface area (TPSA) is 123 Å². The van der Waals surface area contributed by atoms with Crippen LogP contribution in [0.1, 0.15) is 18.4 Å². The smallest absolute Gasteiger partial charge is 0.270 e. The molecule has 1 amide bonds. The number of sulfonamides is 1. The minimum atomic E-state index is -3.58. The summed E-state index contributed by atoms with van der Waals surface area (Å²) in [6.07, 6.45) is 0.820. The van der Waals surface area contributed by atoms with Crippen LogP contribution >= 0.6 is 11.3 Å². The van der Waals surface area contributed by atoms with Crippen LogP contribution in [-0.4, -0.2) is 41.6 Å². The van der Waals surface area contributed by atoms with Crippen LogP contribution in [0.15, 0.2) is 47.4 Å². The van der Waals surface area contributed by atoms with Crippen LogP contribution in [-0.2, 0) is 14.8 Å². The summed E-state index contributed by atoms with van der Waals surface area (Å²) in [6, 6.07) is 11.1. The summed E-state index contributed by atoms with van der Waals surface area (Å²) >= 11 is 1.17. The first-order valence-electron chi connectivity index (χ1n) is 9.67. The number of benzene rings is 2. The van der Waals surface area contributed by atoms with E-state index in [1.807, 2.05) is 6.92 Å². The molecule has 1 aliphatic rings. The number of nitrogens with zero attached hydrogens (tertiary/aromatic N) is 3. The number of nitro groups is 1. The maximum atomic E-state index is 12.8. The summed E-state index contributed by atoms with van der Waals surface area (Å²) in [4.78, 5) is 27.7. The monoisotopic (exact) mass is 460 g/mol. The average molecular weight is 461 g/mol. The Hall–Kier alpha value is -2.89. The van der Waals surface area contributed by atoms with Gasteiger partial charge in [-0.3, -0.25) is 14.9 Å². The Kier molecular flexibility index (Phi) is 5.73. The first-order valence-corrected chi connectivity index (χ1v) is 11.9. The van der Waals surface area contributed by atoms with Crippen molar-refractivity contribution in [1.82, 2.24) is 9.29 Å². The molecule has 0 aliphatic carbocycles. The van der Waals surface area contributed by atoms with Crippen molar-refractivity contribution < 1.29 is 18.1 Å². The van der Waals surface area contributed by atoms with Crippen LogP contribution in [0.3, 0.4) is 0 Å². The molecule has 2 heterocycles. The van der Waals surface area contributed by atoms with Gasteiger partial charge in [-0.15, -0.1) is 0 Å². The zero-order chi connectivity index (χ0) is 22.2. The second-order valence-corrected chi connectivity index (χ2v) is 10.4. The molecule has 2 aromatic carbocycles. The molecular weight excluding hydrogens is 440 g/mol. The predicted molar refractivity (Wildman–Crippen MR) is 118 cm³/mol. The number of fused-ring (bicyclic) bond motifs is 1. The molecule has 1 N–H and O–H groups in total. The van der Waals surface area contributed by atoms with E-state index in [-0.39, 0.29) is 35.5 Å². The van der Waals surface area contributed by atoms with E-state index in [0.29, 0.717) is 28.2 Å². The maximum absolute atomic E-state index is 12.8. The van der Waals surface area contributed by atoms with Crippen molar-refractivity contribution in [2.75, 3.05) is 18.4 Å². The lowest BCUT2D eigenvalue weighted by atomic mass is 9.97. The van der Waals surface area contributed by atoms with E-state index in [4.69, 9.17) is 0 Å². The van der Waals surface area contributed by atoms with Crippen molar-refractivity contribution >= 4 is 48.3 Å². The molecule has 3 aromatic rings. The molecule has 0 atom stereocenters. The number of piperidine rings is 1. The van der Waals surface area contributed by atoms with Gasteiger partial charge in [0.05, 0.1) is 20.0 Å². The molecule has 0 radical (unpaired) electrons. The number of carbonyl (C=O) groups excluding carboxylic acids is 1. The number of amides is 1. The molecule has 9 nitrogen and oxygen atoms in total. The van der Waals surface area contributed by atoms with Crippen molar-refractivity contribution in [3.05, 3.63) is 58.1 Å². The third-order valence-corrected chi connectivity index (χ3v) is 8.14. The molecule has 0 spiro atoms. The molecule has 31 heavy (non-hydrogen) atoms. The van der Waals surface area contributed by atoms with E-state index in [9.17, 15) is 23.3 Å². The van der Waals surface area contributed by atoms with Gasteiger partial charge >= 0.3 is 0 Å². The predicted octanol–water partition coefficient (Wildman–Crippen LogP) is 3.55. The van der Waals surface area contributed by atoms with Gasteiger partial charge < -0.3 is 5.32 Å². The number of rotatable bonds is 5. The minimum absolute atomic E-state index is 0.0313. The van der Waals surface area contributed by atoms with Gasteiger partial charge in [-0.05, 0) is 38.0 Å². The first-order chi connectivity index (χ1) is 14.7.